The van der Waals surface area contributed by atoms with Crippen LogP contribution >= 0.6 is 0 Å². The largest absolute Gasteiger partial charge is 0.456 e. The van der Waals surface area contributed by atoms with Crippen molar-refractivity contribution in [3.05, 3.63) is 388 Å². The molecule has 492 valence electrons. The Labute approximate surface area is 600 Å². The number of anilines is 12. The van der Waals surface area contributed by atoms with Crippen LogP contribution in [0.5, 0.6) is 0 Å². The molecule has 0 bridgehead atoms. The molecule has 0 saturated carbocycles. The topological polar surface area (TPSA) is 65.5 Å². The van der Waals surface area contributed by atoms with Crippen molar-refractivity contribution >= 4 is 156 Å². The van der Waals surface area contributed by atoms with E-state index < -0.39 is 0 Å². The molecule has 8 heteroatoms. The molecular weight excluding hydrogens is 1270 g/mol. The maximum Gasteiger partial charge on any atom is 0.137 e. The summed E-state index contributed by atoms with van der Waals surface area (Å²) in [5, 5.41) is 8.96. The van der Waals surface area contributed by atoms with Gasteiger partial charge >= 0.3 is 0 Å². The van der Waals surface area contributed by atoms with Crippen LogP contribution in [-0.4, -0.2) is 0 Å². The van der Waals surface area contributed by atoms with Crippen LogP contribution in [0.4, 0.5) is 68.2 Å². The lowest BCUT2D eigenvalue weighted by Crippen LogP contribution is -2.10. The number of para-hydroxylation sites is 8. The van der Waals surface area contributed by atoms with E-state index in [1.165, 1.54) is 0 Å². The molecule has 20 rings (SSSR count). The molecule has 0 fully saturated rings. The summed E-state index contributed by atoms with van der Waals surface area (Å²) in [6.07, 6.45) is 0. The van der Waals surface area contributed by atoms with Gasteiger partial charge in [0, 0.05) is 130 Å². The van der Waals surface area contributed by atoms with Crippen molar-refractivity contribution < 1.29 is 17.7 Å². The predicted octanol–water partition coefficient (Wildman–Crippen LogP) is 28.2. The SMILES string of the molecule is c1ccc(N(c2ccc(-c3ccc(N(c4ccccc4)c4ccc5c(c4)oc4ccccc45)cc3)cc2)c2ccc3c(c2)oc2ccccc23)cc1.c1ccc(N(c2ccc(-c3ccc(N(c4ccccc4)c4ccc5oc6ccccc6c5c4)cc3)cc2)c2ccc3c(c2)oc2ccccc23)cc1. The maximum absolute atomic E-state index is 6.27. The molecule has 4 heterocycles. The highest BCUT2D eigenvalue weighted by Gasteiger charge is 2.22. The van der Waals surface area contributed by atoms with Crippen LogP contribution in [0.25, 0.3) is 110 Å². The molecule has 0 aliphatic carbocycles. The molecule has 4 aromatic heterocycles. The zero-order chi connectivity index (χ0) is 68.9. The van der Waals surface area contributed by atoms with Gasteiger partial charge in [-0.1, -0.05) is 194 Å². The van der Waals surface area contributed by atoms with Crippen molar-refractivity contribution in [2.45, 2.75) is 0 Å². The lowest BCUT2D eigenvalue weighted by Gasteiger charge is -2.26. The molecular formula is C96H64N4O4. The van der Waals surface area contributed by atoms with Crippen LogP contribution in [0.3, 0.4) is 0 Å². The molecule has 0 aliphatic heterocycles. The van der Waals surface area contributed by atoms with Crippen molar-refractivity contribution in [3.8, 4) is 22.3 Å². The van der Waals surface area contributed by atoms with E-state index in [-0.39, 0.29) is 0 Å². The number of furan rings is 4. The number of benzene rings is 16. The first kappa shape index (κ1) is 61.0. The smallest absolute Gasteiger partial charge is 0.137 e. The maximum atomic E-state index is 6.27. The zero-order valence-corrected chi connectivity index (χ0v) is 56.4. The van der Waals surface area contributed by atoms with E-state index >= 15 is 0 Å². The molecule has 0 N–H and O–H groups in total. The van der Waals surface area contributed by atoms with Crippen molar-refractivity contribution in [2.24, 2.45) is 0 Å². The number of hydrogen-bond acceptors (Lipinski definition) is 8. The van der Waals surface area contributed by atoms with Gasteiger partial charge in [-0.2, -0.15) is 0 Å². The Morgan fingerprint density at radius 1 is 0.125 bits per heavy atom. The second-order valence-corrected chi connectivity index (χ2v) is 26.0. The molecule has 0 amide bonds. The first-order valence-electron chi connectivity index (χ1n) is 35.0. The molecule has 104 heavy (non-hydrogen) atoms. The van der Waals surface area contributed by atoms with Gasteiger partial charge in [0.15, 0.2) is 0 Å². The highest BCUT2D eigenvalue weighted by molar-refractivity contribution is 6.10. The molecule has 0 saturated heterocycles. The third-order valence-electron chi connectivity index (χ3n) is 19.7. The third-order valence-corrected chi connectivity index (χ3v) is 19.7. The van der Waals surface area contributed by atoms with Crippen molar-refractivity contribution in [1.29, 1.82) is 0 Å². The fourth-order valence-corrected chi connectivity index (χ4v) is 14.7. The zero-order valence-electron chi connectivity index (χ0n) is 56.4. The molecule has 0 spiro atoms. The molecule has 16 aromatic carbocycles. The number of hydrogen-bond donors (Lipinski definition) is 0. The summed E-state index contributed by atoms with van der Waals surface area (Å²) >= 11 is 0. The summed E-state index contributed by atoms with van der Waals surface area (Å²) in [5.41, 5.74) is 24.5. The minimum absolute atomic E-state index is 0.874. The minimum Gasteiger partial charge on any atom is -0.456 e. The fourth-order valence-electron chi connectivity index (χ4n) is 14.7. The average molecular weight is 1340 g/mol. The number of rotatable bonds is 14. The van der Waals surface area contributed by atoms with Crippen molar-refractivity contribution in [3.63, 3.8) is 0 Å². The van der Waals surface area contributed by atoms with Crippen LogP contribution in [0.15, 0.2) is 406 Å². The van der Waals surface area contributed by atoms with E-state index in [1.54, 1.807) is 0 Å². The van der Waals surface area contributed by atoms with E-state index in [2.05, 4.69) is 341 Å². The van der Waals surface area contributed by atoms with Crippen LogP contribution in [0.2, 0.25) is 0 Å². The van der Waals surface area contributed by atoms with Gasteiger partial charge in [0.25, 0.3) is 0 Å². The Balaban J connectivity index is 0.000000143. The van der Waals surface area contributed by atoms with E-state index in [0.717, 1.165) is 178 Å². The van der Waals surface area contributed by atoms with Gasteiger partial charge in [0.05, 0.1) is 0 Å². The van der Waals surface area contributed by atoms with Gasteiger partial charge in [0.1, 0.15) is 44.7 Å². The second kappa shape index (κ2) is 26.2. The van der Waals surface area contributed by atoms with Gasteiger partial charge in [-0.25, -0.2) is 0 Å². The van der Waals surface area contributed by atoms with E-state index in [0.29, 0.717) is 0 Å². The van der Waals surface area contributed by atoms with Gasteiger partial charge in [-0.05, 0) is 198 Å². The number of fused-ring (bicyclic) bond motifs is 12. The molecule has 20 aromatic rings. The molecule has 0 atom stereocenters. The first-order chi connectivity index (χ1) is 51.5. The standard InChI is InChI=1S/2C48H32N2O2/c1-3-11-35(12-4-1)49(39-28-30-47-44(31-39)42-16-8-10-18-46(42)51-47)37-23-19-33(20-24-37)34-21-25-38(26-22-34)50(36-13-5-2-6-14-36)40-27-29-43-41-15-7-9-17-45(41)52-48(43)32-40;1-3-11-35(12-4-1)49(39-27-29-43-41-15-7-9-17-45(41)51-47(43)31-39)37-23-19-33(20-24-37)34-21-25-38(26-22-34)50(36-13-5-2-6-14-36)40-28-30-44-42-16-8-10-18-46(42)52-48(44)32-40/h2*1-32H. The summed E-state index contributed by atoms with van der Waals surface area (Å²) in [7, 11) is 0. The van der Waals surface area contributed by atoms with Crippen molar-refractivity contribution in [1.82, 2.24) is 0 Å². The summed E-state index contributed by atoms with van der Waals surface area (Å²) in [6.45, 7) is 0. The second-order valence-electron chi connectivity index (χ2n) is 26.0. The molecule has 0 aliphatic rings. The van der Waals surface area contributed by atoms with E-state index in [1.807, 2.05) is 66.7 Å². The van der Waals surface area contributed by atoms with Crippen LogP contribution in [0, 0.1) is 0 Å². The normalized spacial score (nSPS) is 11.5. The van der Waals surface area contributed by atoms with E-state index in [9.17, 15) is 0 Å². The highest BCUT2D eigenvalue weighted by atomic mass is 16.3. The third kappa shape index (κ3) is 11.3. The Hall–Kier alpha value is -14.1. The Morgan fingerprint density at radius 3 is 0.606 bits per heavy atom. The van der Waals surface area contributed by atoms with E-state index in [4.69, 9.17) is 17.7 Å². The summed E-state index contributed by atoms with van der Waals surface area (Å²) in [6, 6.07) is 136. The van der Waals surface area contributed by atoms with Crippen LogP contribution in [-0.2, 0) is 0 Å². The average Bonchev–Trinajstić information content (AvgIpc) is 1.59. The van der Waals surface area contributed by atoms with Crippen molar-refractivity contribution in [2.75, 3.05) is 19.6 Å². The summed E-state index contributed by atoms with van der Waals surface area (Å²) < 4.78 is 25.0. The predicted molar refractivity (Wildman–Crippen MR) is 432 cm³/mol. The minimum atomic E-state index is 0.874. The Morgan fingerprint density at radius 2 is 0.317 bits per heavy atom. The fraction of sp³-hybridized carbons (Fsp3) is 0. The quantitative estimate of drug-likeness (QED) is 0.107. The van der Waals surface area contributed by atoms with Crippen LogP contribution < -0.4 is 19.6 Å². The number of nitrogens with zero attached hydrogens (tertiary/aromatic N) is 4. The Kier molecular flexibility index (Phi) is 15.4. The van der Waals surface area contributed by atoms with Gasteiger partial charge in [-0.3, -0.25) is 0 Å². The van der Waals surface area contributed by atoms with Gasteiger partial charge in [0.2, 0.25) is 0 Å². The van der Waals surface area contributed by atoms with Gasteiger partial charge < -0.3 is 37.3 Å². The van der Waals surface area contributed by atoms with Gasteiger partial charge in [-0.15, -0.1) is 0 Å². The lowest BCUT2D eigenvalue weighted by atomic mass is 10.0. The monoisotopic (exact) mass is 1340 g/mol. The van der Waals surface area contributed by atoms with Crippen LogP contribution in [0.1, 0.15) is 0 Å². The molecule has 8 nitrogen and oxygen atoms in total. The molecule has 0 radical (unpaired) electrons. The first-order valence-corrected chi connectivity index (χ1v) is 35.0. The molecule has 0 unspecified atom stereocenters. The highest BCUT2D eigenvalue weighted by Crippen LogP contribution is 2.45. The summed E-state index contributed by atoms with van der Waals surface area (Å²) in [4.78, 5) is 9.12. The Bertz CT molecular complexity index is 6260. The summed E-state index contributed by atoms with van der Waals surface area (Å²) in [5.74, 6) is 0. The lowest BCUT2D eigenvalue weighted by molar-refractivity contribution is 0.668.